The molecule has 0 aromatic rings. The summed E-state index contributed by atoms with van der Waals surface area (Å²) in [6.45, 7) is 7.69. The second-order valence-electron chi connectivity index (χ2n) is 5.15. The van der Waals surface area contributed by atoms with Gasteiger partial charge in [-0.1, -0.05) is 13.8 Å². The van der Waals surface area contributed by atoms with Gasteiger partial charge in [-0.05, 0) is 25.3 Å². The number of ether oxygens (including phenoxy) is 1. The predicted octanol–water partition coefficient (Wildman–Crippen LogP) is 1.26. The summed E-state index contributed by atoms with van der Waals surface area (Å²) in [4.78, 5) is 13.9. The molecule has 1 aliphatic heterocycles. The quantitative estimate of drug-likeness (QED) is 0.762. The van der Waals surface area contributed by atoms with E-state index in [1.165, 1.54) is 6.42 Å². The van der Waals surface area contributed by atoms with Crippen molar-refractivity contribution in [2.75, 3.05) is 33.4 Å². The van der Waals surface area contributed by atoms with Crippen molar-refractivity contribution in [1.82, 2.24) is 10.2 Å². The second kappa shape index (κ2) is 7.67. The largest absolute Gasteiger partial charge is 0.384 e. The number of methoxy groups -OCH3 is 1. The SMILES string of the molecule is COCCC(=O)N1CCCC(CNC(C)C)C1. The number of nitrogens with zero attached hydrogens (tertiary/aromatic N) is 1. The minimum Gasteiger partial charge on any atom is -0.384 e. The van der Waals surface area contributed by atoms with Crippen molar-refractivity contribution in [3.63, 3.8) is 0 Å². The topological polar surface area (TPSA) is 41.6 Å². The van der Waals surface area contributed by atoms with Gasteiger partial charge in [0.05, 0.1) is 13.0 Å². The molecule has 0 spiro atoms. The maximum absolute atomic E-state index is 11.9. The highest BCUT2D eigenvalue weighted by Crippen LogP contribution is 2.16. The highest BCUT2D eigenvalue weighted by molar-refractivity contribution is 5.76. The molecule has 100 valence electrons. The standard InChI is InChI=1S/C13H26N2O2/c1-11(2)14-9-12-5-4-7-15(10-12)13(16)6-8-17-3/h11-12,14H,4-10H2,1-3H3. The van der Waals surface area contributed by atoms with Crippen molar-refractivity contribution in [3.8, 4) is 0 Å². The number of amides is 1. The van der Waals surface area contributed by atoms with E-state index in [0.717, 1.165) is 26.1 Å². The van der Waals surface area contributed by atoms with Crippen molar-refractivity contribution >= 4 is 5.91 Å². The third-order valence-corrected chi connectivity index (χ3v) is 3.21. The van der Waals surface area contributed by atoms with Crippen LogP contribution in [0.25, 0.3) is 0 Å². The van der Waals surface area contributed by atoms with Crippen molar-refractivity contribution in [1.29, 1.82) is 0 Å². The van der Waals surface area contributed by atoms with E-state index >= 15 is 0 Å². The maximum Gasteiger partial charge on any atom is 0.224 e. The van der Waals surface area contributed by atoms with E-state index in [1.54, 1.807) is 7.11 Å². The van der Waals surface area contributed by atoms with Crippen LogP contribution in [-0.4, -0.2) is 50.2 Å². The van der Waals surface area contributed by atoms with E-state index < -0.39 is 0 Å². The number of piperidine rings is 1. The average Bonchev–Trinajstić information content (AvgIpc) is 2.33. The zero-order valence-corrected chi connectivity index (χ0v) is 11.4. The van der Waals surface area contributed by atoms with Crippen LogP contribution in [0.15, 0.2) is 0 Å². The lowest BCUT2D eigenvalue weighted by Gasteiger charge is -2.33. The van der Waals surface area contributed by atoms with E-state index in [-0.39, 0.29) is 5.91 Å². The van der Waals surface area contributed by atoms with E-state index in [2.05, 4.69) is 19.2 Å². The second-order valence-corrected chi connectivity index (χ2v) is 5.15. The highest BCUT2D eigenvalue weighted by atomic mass is 16.5. The monoisotopic (exact) mass is 242 g/mol. The Morgan fingerprint density at radius 2 is 2.29 bits per heavy atom. The van der Waals surface area contributed by atoms with Crippen molar-refractivity contribution < 1.29 is 9.53 Å². The molecule has 0 aromatic heterocycles. The molecule has 1 heterocycles. The predicted molar refractivity (Wildman–Crippen MR) is 68.9 cm³/mol. The van der Waals surface area contributed by atoms with Gasteiger partial charge in [0, 0.05) is 26.2 Å². The van der Waals surface area contributed by atoms with Crippen molar-refractivity contribution in [3.05, 3.63) is 0 Å². The summed E-state index contributed by atoms with van der Waals surface area (Å²) in [6.07, 6.45) is 2.87. The molecule has 1 saturated heterocycles. The number of rotatable bonds is 6. The summed E-state index contributed by atoms with van der Waals surface area (Å²) >= 11 is 0. The lowest BCUT2D eigenvalue weighted by Crippen LogP contribution is -2.44. The summed E-state index contributed by atoms with van der Waals surface area (Å²) in [5.74, 6) is 0.846. The Hall–Kier alpha value is -0.610. The van der Waals surface area contributed by atoms with Crippen LogP contribution < -0.4 is 5.32 Å². The van der Waals surface area contributed by atoms with Gasteiger partial charge in [-0.3, -0.25) is 4.79 Å². The van der Waals surface area contributed by atoms with Crippen LogP contribution in [0.5, 0.6) is 0 Å². The average molecular weight is 242 g/mol. The van der Waals surface area contributed by atoms with Crippen LogP contribution in [0.2, 0.25) is 0 Å². The van der Waals surface area contributed by atoms with Gasteiger partial charge in [-0.2, -0.15) is 0 Å². The van der Waals surface area contributed by atoms with Gasteiger partial charge < -0.3 is 15.0 Å². The maximum atomic E-state index is 11.9. The zero-order chi connectivity index (χ0) is 12.7. The van der Waals surface area contributed by atoms with Crippen LogP contribution >= 0.6 is 0 Å². The first-order valence-corrected chi connectivity index (χ1v) is 6.63. The Labute approximate surface area is 105 Å². The van der Waals surface area contributed by atoms with Gasteiger partial charge in [0.25, 0.3) is 0 Å². The van der Waals surface area contributed by atoms with E-state index in [1.807, 2.05) is 4.90 Å². The van der Waals surface area contributed by atoms with Crippen LogP contribution in [-0.2, 0) is 9.53 Å². The van der Waals surface area contributed by atoms with Crippen LogP contribution in [0.1, 0.15) is 33.1 Å². The highest BCUT2D eigenvalue weighted by Gasteiger charge is 2.23. The summed E-state index contributed by atoms with van der Waals surface area (Å²) in [6, 6.07) is 0.523. The fraction of sp³-hybridized carbons (Fsp3) is 0.923. The number of carbonyl (C=O) groups is 1. The number of nitrogens with one attached hydrogen (secondary N) is 1. The number of likely N-dealkylation sites (tertiary alicyclic amines) is 1. The van der Waals surface area contributed by atoms with Gasteiger partial charge in [-0.15, -0.1) is 0 Å². The van der Waals surface area contributed by atoms with Crippen LogP contribution in [0, 0.1) is 5.92 Å². The molecule has 1 rings (SSSR count). The molecule has 4 heteroatoms. The van der Waals surface area contributed by atoms with E-state index in [0.29, 0.717) is 25.0 Å². The van der Waals surface area contributed by atoms with Crippen LogP contribution in [0.3, 0.4) is 0 Å². The fourth-order valence-electron chi connectivity index (χ4n) is 2.21. The zero-order valence-electron chi connectivity index (χ0n) is 11.4. The Morgan fingerprint density at radius 1 is 1.53 bits per heavy atom. The molecule has 1 aliphatic rings. The van der Waals surface area contributed by atoms with Crippen molar-refractivity contribution in [2.45, 2.75) is 39.2 Å². The van der Waals surface area contributed by atoms with E-state index in [4.69, 9.17) is 4.74 Å². The Morgan fingerprint density at radius 3 is 2.94 bits per heavy atom. The molecule has 1 fully saturated rings. The van der Waals surface area contributed by atoms with Gasteiger partial charge in [-0.25, -0.2) is 0 Å². The molecule has 0 aliphatic carbocycles. The molecule has 0 bridgehead atoms. The molecule has 1 amide bonds. The molecule has 4 nitrogen and oxygen atoms in total. The van der Waals surface area contributed by atoms with Crippen molar-refractivity contribution in [2.24, 2.45) is 5.92 Å². The summed E-state index contributed by atoms with van der Waals surface area (Å²) in [5.41, 5.74) is 0. The lowest BCUT2D eigenvalue weighted by atomic mass is 9.97. The first kappa shape index (κ1) is 14.5. The number of hydrogen-bond donors (Lipinski definition) is 1. The Kier molecular flexibility index (Phi) is 6.52. The smallest absolute Gasteiger partial charge is 0.224 e. The van der Waals surface area contributed by atoms with Gasteiger partial charge >= 0.3 is 0 Å². The molecule has 0 saturated carbocycles. The third-order valence-electron chi connectivity index (χ3n) is 3.21. The number of carbonyl (C=O) groups excluding carboxylic acids is 1. The molecule has 1 unspecified atom stereocenters. The molecule has 1 N–H and O–H groups in total. The van der Waals surface area contributed by atoms with E-state index in [9.17, 15) is 4.79 Å². The summed E-state index contributed by atoms with van der Waals surface area (Å²) in [7, 11) is 1.64. The van der Waals surface area contributed by atoms with Gasteiger partial charge in [0.2, 0.25) is 5.91 Å². The normalized spacial score (nSPS) is 20.9. The van der Waals surface area contributed by atoms with Gasteiger partial charge in [0.1, 0.15) is 0 Å². The van der Waals surface area contributed by atoms with Gasteiger partial charge in [0.15, 0.2) is 0 Å². The summed E-state index contributed by atoms with van der Waals surface area (Å²) in [5, 5.41) is 3.46. The Bertz CT molecular complexity index is 231. The first-order valence-electron chi connectivity index (χ1n) is 6.63. The molecular weight excluding hydrogens is 216 g/mol. The minimum absolute atomic E-state index is 0.237. The Balaban J connectivity index is 2.30. The lowest BCUT2D eigenvalue weighted by molar-refractivity contribution is -0.133. The summed E-state index contributed by atoms with van der Waals surface area (Å²) < 4.78 is 4.95. The van der Waals surface area contributed by atoms with Crippen LogP contribution in [0.4, 0.5) is 0 Å². The molecule has 0 radical (unpaired) electrons. The molecule has 1 atom stereocenters. The molecular formula is C13H26N2O2. The minimum atomic E-state index is 0.237. The fourth-order valence-corrected chi connectivity index (χ4v) is 2.21. The molecule has 17 heavy (non-hydrogen) atoms. The third kappa shape index (κ3) is 5.50. The number of hydrogen-bond acceptors (Lipinski definition) is 3. The molecule has 0 aromatic carbocycles. The first-order chi connectivity index (χ1) is 8.13.